The molecule has 0 atom stereocenters. The summed E-state index contributed by atoms with van der Waals surface area (Å²) in [6, 6.07) is 6.33. The van der Waals surface area contributed by atoms with E-state index < -0.39 is 5.56 Å². The monoisotopic (exact) mass is 298 g/mol. The highest BCUT2D eigenvalue weighted by Crippen LogP contribution is 2.27. The van der Waals surface area contributed by atoms with Gasteiger partial charge in [0.05, 0.1) is 31.5 Å². The summed E-state index contributed by atoms with van der Waals surface area (Å²) in [6.07, 6.45) is 0.538. The van der Waals surface area contributed by atoms with E-state index in [4.69, 9.17) is 21.7 Å². The van der Waals surface area contributed by atoms with Gasteiger partial charge in [0.2, 0.25) is 5.75 Å². The lowest BCUT2D eigenvalue weighted by Crippen LogP contribution is -2.19. The number of rotatable bonds is 5. The molecule has 112 valence electrons. The zero-order chi connectivity index (χ0) is 16.1. The van der Waals surface area contributed by atoms with Crippen LogP contribution in [0.2, 0.25) is 0 Å². The molecule has 0 unspecified atom stereocenters. The van der Waals surface area contributed by atoms with Gasteiger partial charge in [-0.1, -0.05) is 6.92 Å². The Morgan fingerprint density at radius 3 is 2.86 bits per heavy atom. The van der Waals surface area contributed by atoms with Crippen LogP contribution in [0.4, 0.5) is 5.69 Å². The van der Waals surface area contributed by atoms with E-state index in [0.717, 1.165) is 0 Å². The number of aliphatic hydroxyl groups excluding tert-OH is 1. The van der Waals surface area contributed by atoms with Crippen LogP contribution in [0.1, 0.15) is 18.2 Å². The Kier molecular flexibility index (Phi) is 4.62. The highest BCUT2D eigenvalue weighted by Gasteiger charge is 2.15. The van der Waals surface area contributed by atoms with Crippen molar-refractivity contribution >= 4 is 5.69 Å². The van der Waals surface area contributed by atoms with E-state index in [-0.39, 0.29) is 35.9 Å². The van der Waals surface area contributed by atoms with Crippen LogP contribution in [0.15, 0.2) is 23.0 Å². The number of H-pyrrole nitrogens is 1. The summed E-state index contributed by atoms with van der Waals surface area (Å²) in [6.45, 7) is 8.86. The fraction of sp³-hybridized carbons (Fsp3) is 0.267. The molecule has 0 bridgehead atoms. The Bertz CT molecular complexity index is 789. The second-order valence-corrected chi connectivity index (χ2v) is 4.49. The standard InChI is InChI=1S/C15H14N4O3/c1-3-13-14(15(21)19(18-13)4-5-20)22-12-7-10(9-16)6-11(8-12)17-2/h6-8,18,20H,3-5H2,1H3. The third-order valence-electron chi connectivity index (χ3n) is 3.03. The predicted octanol–water partition coefficient (Wildman–Crippen LogP) is 1.95. The summed E-state index contributed by atoms with van der Waals surface area (Å²) < 4.78 is 6.86. The van der Waals surface area contributed by atoms with Gasteiger partial charge in [-0.15, -0.1) is 0 Å². The first-order valence-corrected chi connectivity index (χ1v) is 6.66. The van der Waals surface area contributed by atoms with Gasteiger partial charge in [0.1, 0.15) is 5.75 Å². The number of aromatic nitrogens is 2. The van der Waals surface area contributed by atoms with Crippen molar-refractivity contribution in [1.29, 1.82) is 5.26 Å². The highest BCUT2D eigenvalue weighted by atomic mass is 16.5. The molecule has 0 aliphatic carbocycles. The lowest BCUT2D eigenvalue weighted by atomic mass is 10.2. The Morgan fingerprint density at radius 1 is 1.50 bits per heavy atom. The molecule has 0 saturated heterocycles. The van der Waals surface area contributed by atoms with Crippen molar-refractivity contribution in [1.82, 2.24) is 9.78 Å². The minimum Gasteiger partial charge on any atom is -0.451 e. The van der Waals surface area contributed by atoms with Crippen molar-refractivity contribution in [2.45, 2.75) is 19.9 Å². The van der Waals surface area contributed by atoms with Crippen LogP contribution in [0, 0.1) is 17.9 Å². The van der Waals surface area contributed by atoms with Gasteiger partial charge < -0.3 is 9.84 Å². The van der Waals surface area contributed by atoms with Gasteiger partial charge >= 0.3 is 5.56 Å². The Balaban J connectivity index is 2.45. The molecule has 0 aliphatic rings. The molecule has 7 heteroatoms. The van der Waals surface area contributed by atoms with Crippen molar-refractivity contribution in [3.8, 4) is 17.6 Å². The summed E-state index contributed by atoms with van der Waals surface area (Å²) in [7, 11) is 0. The van der Waals surface area contributed by atoms with Crippen LogP contribution in [0.25, 0.3) is 4.85 Å². The number of nitrogens with zero attached hydrogens (tertiary/aromatic N) is 3. The Hall–Kier alpha value is -3.03. The molecule has 22 heavy (non-hydrogen) atoms. The summed E-state index contributed by atoms with van der Waals surface area (Å²) in [5, 5.41) is 20.8. The van der Waals surface area contributed by atoms with Gasteiger partial charge in [-0.25, -0.2) is 9.53 Å². The van der Waals surface area contributed by atoms with Gasteiger partial charge in [0.25, 0.3) is 0 Å². The zero-order valence-corrected chi connectivity index (χ0v) is 12.0. The van der Waals surface area contributed by atoms with E-state index >= 15 is 0 Å². The molecule has 0 amide bonds. The predicted molar refractivity (Wildman–Crippen MR) is 79.0 cm³/mol. The average Bonchev–Trinajstić information content (AvgIpc) is 2.83. The summed E-state index contributed by atoms with van der Waals surface area (Å²) in [5.41, 5.74) is 0.744. The van der Waals surface area contributed by atoms with Crippen LogP contribution in [-0.2, 0) is 13.0 Å². The molecule has 0 radical (unpaired) electrons. The van der Waals surface area contributed by atoms with E-state index in [2.05, 4.69) is 9.94 Å². The molecule has 1 aromatic carbocycles. The molecule has 7 nitrogen and oxygen atoms in total. The van der Waals surface area contributed by atoms with Gasteiger partial charge in [-0.05, 0) is 24.6 Å². The van der Waals surface area contributed by atoms with E-state index in [9.17, 15) is 4.79 Å². The Labute approximate surface area is 126 Å². The van der Waals surface area contributed by atoms with E-state index in [0.29, 0.717) is 12.1 Å². The first-order valence-electron chi connectivity index (χ1n) is 6.66. The van der Waals surface area contributed by atoms with Gasteiger partial charge in [0.15, 0.2) is 5.69 Å². The van der Waals surface area contributed by atoms with Crippen molar-refractivity contribution in [3.63, 3.8) is 0 Å². The van der Waals surface area contributed by atoms with Crippen molar-refractivity contribution in [2.75, 3.05) is 6.61 Å². The molecule has 0 saturated carbocycles. The van der Waals surface area contributed by atoms with Crippen LogP contribution >= 0.6 is 0 Å². The summed E-state index contributed by atoms with van der Waals surface area (Å²) in [4.78, 5) is 15.5. The van der Waals surface area contributed by atoms with Crippen molar-refractivity contribution in [2.24, 2.45) is 0 Å². The first kappa shape index (κ1) is 15.4. The fourth-order valence-corrected chi connectivity index (χ4v) is 2.01. The number of nitrogens with one attached hydrogen (secondary N) is 1. The lowest BCUT2D eigenvalue weighted by molar-refractivity contribution is 0.267. The van der Waals surface area contributed by atoms with Crippen LogP contribution in [0.3, 0.4) is 0 Å². The van der Waals surface area contributed by atoms with Gasteiger partial charge in [-0.3, -0.25) is 9.89 Å². The molecule has 0 fully saturated rings. The van der Waals surface area contributed by atoms with Crippen molar-refractivity contribution < 1.29 is 9.84 Å². The number of benzene rings is 1. The molecule has 1 aromatic heterocycles. The minimum atomic E-state index is -0.391. The topological polar surface area (TPSA) is 95.4 Å². The molecular weight excluding hydrogens is 284 g/mol. The molecule has 0 aliphatic heterocycles. The minimum absolute atomic E-state index is 0.113. The van der Waals surface area contributed by atoms with Crippen molar-refractivity contribution in [3.05, 3.63) is 51.2 Å². The number of nitriles is 1. The van der Waals surface area contributed by atoms with E-state index in [1.165, 1.54) is 22.9 Å². The number of aromatic amines is 1. The molecule has 2 aromatic rings. The van der Waals surface area contributed by atoms with Crippen LogP contribution in [-0.4, -0.2) is 21.5 Å². The largest absolute Gasteiger partial charge is 0.451 e. The lowest BCUT2D eigenvalue weighted by Gasteiger charge is -2.05. The molecular formula is C15H14N4O3. The zero-order valence-electron chi connectivity index (χ0n) is 12.0. The van der Waals surface area contributed by atoms with Gasteiger partial charge in [-0.2, -0.15) is 5.26 Å². The Morgan fingerprint density at radius 2 is 2.27 bits per heavy atom. The fourth-order valence-electron chi connectivity index (χ4n) is 2.01. The quantitative estimate of drug-likeness (QED) is 0.825. The third-order valence-corrected chi connectivity index (χ3v) is 3.03. The second-order valence-electron chi connectivity index (χ2n) is 4.49. The molecule has 0 spiro atoms. The third kappa shape index (κ3) is 3.00. The SMILES string of the molecule is [C-]#[N+]c1cc(C#N)cc(Oc2c(CC)[nH]n(CCO)c2=O)c1. The maximum atomic E-state index is 12.2. The normalized spacial score (nSPS) is 10.0. The number of aliphatic hydroxyl groups is 1. The van der Waals surface area contributed by atoms with E-state index in [1.807, 2.05) is 13.0 Å². The first-order chi connectivity index (χ1) is 10.6. The smallest absolute Gasteiger partial charge is 0.309 e. The maximum Gasteiger partial charge on any atom is 0.309 e. The maximum absolute atomic E-state index is 12.2. The highest BCUT2D eigenvalue weighted by molar-refractivity contribution is 5.55. The number of ether oxygens (including phenoxy) is 1. The summed E-state index contributed by atoms with van der Waals surface area (Å²) in [5.74, 6) is 0.369. The van der Waals surface area contributed by atoms with Gasteiger partial charge in [0, 0.05) is 5.56 Å². The molecule has 2 rings (SSSR count). The van der Waals surface area contributed by atoms with E-state index in [1.54, 1.807) is 0 Å². The number of hydrogen-bond acceptors (Lipinski definition) is 4. The average molecular weight is 298 g/mol. The molecule has 1 heterocycles. The van der Waals surface area contributed by atoms with Crippen LogP contribution in [0.5, 0.6) is 11.5 Å². The number of hydrogen-bond donors (Lipinski definition) is 2. The number of aryl methyl sites for hydroxylation is 1. The van der Waals surface area contributed by atoms with Crippen LogP contribution < -0.4 is 10.3 Å². The molecule has 2 N–H and O–H groups in total. The second kappa shape index (κ2) is 6.61. The summed E-state index contributed by atoms with van der Waals surface area (Å²) >= 11 is 0.